The van der Waals surface area contributed by atoms with Crippen molar-refractivity contribution >= 4 is 5.78 Å². The van der Waals surface area contributed by atoms with Gasteiger partial charge in [0, 0.05) is 37.0 Å². The summed E-state index contributed by atoms with van der Waals surface area (Å²) in [5, 5.41) is 0. The van der Waals surface area contributed by atoms with Gasteiger partial charge in [-0.05, 0) is 57.0 Å². The number of hydrogen-bond acceptors (Lipinski definition) is 5. The maximum atomic E-state index is 12.4. The lowest BCUT2D eigenvalue weighted by atomic mass is 10.1. The minimum absolute atomic E-state index is 0.0140. The van der Waals surface area contributed by atoms with E-state index in [1.54, 1.807) is 24.3 Å². The molecule has 3 aliphatic heterocycles. The Morgan fingerprint density at radius 3 is 2.83 bits per heavy atom. The van der Waals surface area contributed by atoms with Gasteiger partial charge < -0.3 is 19.3 Å². The van der Waals surface area contributed by atoms with Gasteiger partial charge >= 0.3 is 0 Å². The molecule has 5 nitrogen and oxygen atoms in total. The van der Waals surface area contributed by atoms with Crippen LogP contribution in [0.3, 0.4) is 0 Å². The number of likely N-dealkylation sites (tertiary alicyclic amines) is 2. The number of allylic oxidation sites excluding steroid dienone is 1. The number of carbonyl (C=O) groups is 1. The first kappa shape index (κ1) is 15.5. The van der Waals surface area contributed by atoms with E-state index in [9.17, 15) is 4.79 Å². The van der Waals surface area contributed by atoms with Gasteiger partial charge in [0.1, 0.15) is 0 Å². The molecule has 0 amide bonds. The highest BCUT2D eigenvalue weighted by Crippen LogP contribution is 2.32. The third-order valence-electron chi connectivity index (χ3n) is 5.16. The van der Waals surface area contributed by atoms with Crippen molar-refractivity contribution in [3.63, 3.8) is 0 Å². The molecule has 24 heavy (non-hydrogen) atoms. The molecule has 3 heterocycles. The predicted octanol–water partition coefficient (Wildman–Crippen LogP) is 2.67. The van der Waals surface area contributed by atoms with Crippen molar-refractivity contribution in [2.45, 2.75) is 31.7 Å². The van der Waals surface area contributed by atoms with Crippen molar-refractivity contribution in [2.75, 3.05) is 33.0 Å². The molecule has 0 aliphatic carbocycles. The number of rotatable bonds is 5. The minimum Gasteiger partial charge on any atom is -0.454 e. The van der Waals surface area contributed by atoms with Gasteiger partial charge in [0.25, 0.3) is 0 Å². The maximum Gasteiger partial charge on any atom is 0.231 e. The van der Waals surface area contributed by atoms with Crippen LogP contribution in [-0.4, -0.2) is 54.6 Å². The van der Waals surface area contributed by atoms with E-state index < -0.39 is 0 Å². The zero-order valence-electron chi connectivity index (χ0n) is 13.9. The number of hydrogen-bond donors (Lipinski definition) is 0. The first-order chi connectivity index (χ1) is 11.8. The minimum atomic E-state index is 0.0140. The van der Waals surface area contributed by atoms with E-state index in [4.69, 9.17) is 9.47 Å². The maximum absolute atomic E-state index is 12.4. The fourth-order valence-electron chi connectivity index (χ4n) is 3.82. The third-order valence-corrected chi connectivity index (χ3v) is 5.16. The van der Waals surface area contributed by atoms with Crippen molar-refractivity contribution in [2.24, 2.45) is 0 Å². The standard InChI is InChI=1S/C19H24N2O3/c22-17(15-5-6-18-19(12-15)24-14-23-18)7-11-21-10-3-4-16(21)13-20-8-1-2-9-20/h5-7,11-12,16H,1-4,8-10,13-14H2/b11-7+/t16-/m0/s1. The van der Waals surface area contributed by atoms with E-state index in [0.29, 0.717) is 23.1 Å². The van der Waals surface area contributed by atoms with Gasteiger partial charge in [-0.2, -0.15) is 0 Å². The summed E-state index contributed by atoms with van der Waals surface area (Å²) in [6.07, 6.45) is 8.76. The monoisotopic (exact) mass is 328 g/mol. The Hall–Kier alpha value is -2.01. The highest BCUT2D eigenvalue weighted by molar-refractivity contribution is 6.04. The number of benzene rings is 1. The van der Waals surface area contributed by atoms with Crippen molar-refractivity contribution in [3.05, 3.63) is 36.0 Å². The Bertz CT molecular complexity index is 637. The molecule has 2 fully saturated rings. The highest BCUT2D eigenvalue weighted by Gasteiger charge is 2.25. The molecule has 1 aromatic rings. The lowest BCUT2D eigenvalue weighted by Crippen LogP contribution is -2.36. The van der Waals surface area contributed by atoms with Crippen LogP contribution in [-0.2, 0) is 0 Å². The molecule has 0 radical (unpaired) electrons. The van der Waals surface area contributed by atoms with Crippen LogP contribution in [0.2, 0.25) is 0 Å². The Balaban J connectivity index is 1.39. The number of fused-ring (bicyclic) bond motifs is 1. The molecule has 2 saturated heterocycles. The van der Waals surface area contributed by atoms with E-state index in [0.717, 1.165) is 13.1 Å². The van der Waals surface area contributed by atoms with Gasteiger partial charge in [0.2, 0.25) is 6.79 Å². The smallest absolute Gasteiger partial charge is 0.231 e. The van der Waals surface area contributed by atoms with Gasteiger partial charge in [-0.1, -0.05) is 0 Å². The van der Waals surface area contributed by atoms with Crippen LogP contribution in [0.4, 0.5) is 0 Å². The second-order valence-electron chi connectivity index (χ2n) is 6.79. The second kappa shape index (κ2) is 6.85. The predicted molar refractivity (Wildman–Crippen MR) is 91.4 cm³/mol. The largest absolute Gasteiger partial charge is 0.454 e. The lowest BCUT2D eigenvalue weighted by molar-refractivity contribution is 0.104. The average molecular weight is 328 g/mol. The van der Waals surface area contributed by atoms with Crippen molar-refractivity contribution in [3.8, 4) is 11.5 Å². The van der Waals surface area contributed by atoms with Gasteiger partial charge in [0.15, 0.2) is 17.3 Å². The quantitative estimate of drug-likeness (QED) is 0.614. The summed E-state index contributed by atoms with van der Waals surface area (Å²) in [4.78, 5) is 17.3. The third kappa shape index (κ3) is 3.26. The van der Waals surface area contributed by atoms with E-state index in [1.807, 2.05) is 6.20 Å². The molecule has 4 rings (SSSR count). The molecule has 5 heteroatoms. The first-order valence-corrected chi connectivity index (χ1v) is 8.90. The molecule has 0 aromatic heterocycles. The van der Waals surface area contributed by atoms with Gasteiger partial charge in [0.05, 0.1) is 0 Å². The van der Waals surface area contributed by atoms with Crippen LogP contribution >= 0.6 is 0 Å². The topological polar surface area (TPSA) is 42.0 Å². The summed E-state index contributed by atoms with van der Waals surface area (Å²) in [5.41, 5.74) is 0.644. The molecule has 0 spiro atoms. The summed E-state index contributed by atoms with van der Waals surface area (Å²) < 4.78 is 10.6. The molecule has 1 aromatic carbocycles. The van der Waals surface area contributed by atoms with Crippen LogP contribution in [0.25, 0.3) is 0 Å². The summed E-state index contributed by atoms with van der Waals surface area (Å²) in [7, 11) is 0. The highest BCUT2D eigenvalue weighted by atomic mass is 16.7. The number of ether oxygens (including phenoxy) is 2. The normalized spacial score (nSPS) is 23.5. The van der Waals surface area contributed by atoms with Crippen molar-refractivity contribution < 1.29 is 14.3 Å². The summed E-state index contributed by atoms with van der Waals surface area (Å²) in [5.74, 6) is 1.38. The van der Waals surface area contributed by atoms with E-state index >= 15 is 0 Å². The molecule has 0 saturated carbocycles. The fraction of sp³-hybridized carbons (Fsp3) is 0.526. The Morgan fingerprint density at radius 1 is 1.12 bits per heavy atom. The molecule has 3 aliphatic rings. The molecule has 1 atom stereocenters. The Labute approximate surface area is 142 Å². The van der Waals surface area contributed by atoms with Crippen LogP contribution in [0.15, 0.2) is 30.5 Å². The fourth-order valence-corrected chi connectivity index (χ4v) is 3.82. The molecule has 0 bridgehead atoms. The van der Waals surface area contributed by atoms with Crippen LogP contribution in [0.1, 0.15) is 36.0 Å². The van der Waals surface area contributed by atoms with Crippen molar-refractivity contribution in [1.29, 1.82) is 0 Å². The molecule has 0 N–H and O–H groups in total. The molecule has 128 valence electrons. The van der Waals surface area contributed by atoms with Gasteiger partial charge in [-0.15, -0.1) is 0 Å². The lowest BCUT2D eigenvalue weighted by Gasteiger charge is -2.27. The molecule has 0 unspecified atom stereocenters. The zero-order valence-corrected chi connectivity index (χ0v) is 13.9. The summed E-state index contributed by atoms with van der Waals surface area (Å²) in [6.45, 7) is 4.86. The first-order valence-electron chi connectivity index (χ1n) is 8.90. The van der Waals surface area contributed by atoms with Crippen molar-refractivity contribution in [1.82, 2.24) is 9.80 Å². The SMILES string of the molecule is O=C(/C=C/N1CCC[C@H]1CN1CCCC1)c1ccc2c(c1)OCO2. The van der Waals surface area contributed by atoms with Crippen LogP contribution in [0, 0.1) is 0 Å². The summed E-state index contributed by atoms with van der Waals surface area (Å²) in [6, 6.07) is 5.91. The van der Waals surface area contributed by atoms with E-state index in [2.05, 4.69) is 9.80 Å². The summed E-state index contributed by atoms with van der Waals surface area (Å²) >= 11 is 0. The van der Waals surface area contributed by atoms with E-state index in [1.165, 1.54) is 38.8 Å². The number of nitrogens with zero attached hydrogens (tertiary/aromatic N) is 2. The van der Waals surface area contributed by atoms with Crippen LogP contribution < -0.4 is 9.47 Å². The second-order valence-corrected chi connectivity index (χ2v) is 6.79. The Morgan fingerprint density at radius 2 is 1.96 bits per heavy atom. The number of carbonyl (C=O) groups excluding carboxylic acids is 1. The molecular weight excluding hydrogens is 304 g/mol. The van der Waals surface area contributed by atoms with Crippen LogP contribution in [0.5, 0.6) is 11.5 Å². The van der Waals surface area contributed by atoms with Gasteiger partial charge in [-0.25, -0.2) is 0 Å². The zero-order chi connectivity index (χ0) is 16.4. The average Bonchev–Trinajstić information content (AvgIpc) is 3.34. The number of ketones is 1. The van der Waals surface area contributed by atoms with E-state index in [-0.39, 0.29) is 12.6 Å². The Kier molecular flexibility index (Phi) is 4.43. The molecular formula is C19H24N2O3. The van der Waals surface area contributed by atoms with Gasteiger partial charge in [-0.3, -0.25) is 4.79 Å².